The van der Waals surface area contributed by atoms with Crippen molar-refractivity contribution in [2.75, 3.05) is 18.1 Å². The van der Waals surface area contributed by atoms with Gasteiger partial charge in [-0.25, -0.2) is 4.79 Å². The van der Waals surface area contributed by atoms with Gasteiger partial charge >= 0.3 is 13.6 Å². The molecular formula is C26H51O7PS. The monoisotopic (exact) mass is 538 g/mol. The van der Waals surface area contributed by atoms with Gasteiger partial charge in [0.2, 0.25) is 0 Å². The first-order valence-corrected chi connectivity index (χ1v) is 16.7. The van der Waals surface area contributed by atoms with Gasteiger partial charge in [0.25, 0.3) is 5.85 Å². The minimum Gasteiger partial charge on any atom is -0.479 e. The van der Waals surface area contributed by atoms with Gasteiger partial charge in [-0.1, -0.05) is 71.6 Å². The van der Waals surface area contributed by atoms with Crippen LogP contribution in [0.1, 0.15) is 117 Å². The van der Waals surface area contributed by atoms with Crippen LogP contribution in [0.3, 0.4) is 0 Å². The zero-order valence-electron chi connectivity index (χ0n) is 22.3. The minimum absolute atomic E-state index is 0.0819. The molecular weight excluding hydrogens is 487 g/mol. The molecule has 0 aromatic heterocycles. The van der Waals surface area contributed by atoms with Crippen LogP contribution in [0.25, 0.3) is 0 Å². The summed E-state index contributed by atoms with van der Waals surface area (Å²) in [5, 5.41) is 9.39. The summed E-state index contributed by atoms with van der Waals surface area (Å²) in [5.41, 5.74) is 0. The topological polar surface area (TPSA) is 102 Å². The first-order chi connectivity index (χ1) is 16.8. The highest BCUT2D eigenvalue weighted by Crippen LogP contribution is 2.50. The molecule has 0 radical (unpaired) electrons. The molecule has 0 heterocycles. The Morgan fingerprint density at radius 3 is 2.23 bits per heavy atom. The number of hydrogen-bond donors (Lipinski definition) is 2. The van der Waals surface area contributed by atoms with Crippen molar-refractivity contribution in [3.05, 3.63) is 0 Å². The lowest BCUT2D eigenvalue weighted by atomic mass is 9.97. The Hall–Kier alpha value is -0.110. The fourth-order valence-electron chi connectivity index (χ4n) is 4.39. The molecule has 1 aliphatic carbocycles. The summed E-state index contributed by atoms with van der Waals surface area (Å²) in [7, 11) is -4.52. The van der Waals surface area contributed by atoms with E-state index < -0.39 is 25.5 Å². The van der Waals surface area contributed by atoms with Crippen LogP contribution in [0.5, 0.6) is 0 Å². The van der Waals surface area contributed by atoms with E-state index in [0.29, 0.717) is 6.42 Å². The lowest BCUT2D eigenvalue weighted by Crippen LogP contribution is -2.35. The SMILES string of the molecule is CCCCCSCCCCCCCC(OC1CCCCC1)C(C)OP(=O)(O)C(OCCC)C(=O)O. The van der Waals surface area contributed by atoms with Gasteiger partial charge in [-0.3, -0.25) is 4.57 Å². The van der Waals surface area contributed by atoms with E-state index in [-0.39, 0.29) is 18.8 Å². The van der Waals surface area contributed by atoms with Crippen LogP contribution in [0, 0.1) is 0 Å². The van der Waals surface area contributed by atoms with Crippen molar-refractivity contribution in [1.82, 2.24) is 0 Å². The Balaban J connectivity index is 2.52. The van der Waals surface area contributed by atoms with Gasteiger partial charge in [0.05, 0.1) is 18.3 Å². The lowest BCUT2D eigenvalue weighted by molar-refractivity contribution is -0.146. The van der Waals surface area contributed by atoms with E-state index in [1.165, 1.54) is 56.5 Å². The Morgan fingerprint density at radius 2 is 1.60 bits per heavy atom. The maximum atomic E-state index is 12.8. The molecule has 1 saturated carbocycles. The van der Waals surface area contributed by atoms with Crippen LogP contribution in [0.2, 0.25) is 0 Å². The number of rotatable bonds is 22. The van der Waals surface area contributed by atoms with Crippen LogP contribution in [0.15, 0.2) is 0 Å². The molecule has 0 spiro atoms. The van der Waals surface area contributed by atoms with Gasteiger partial charge < -0.3 is 24.0 Å². The standard InChI is InChI=1S/C26H51O7PS/c1-4-6-14-20-35-21-15-9-7-8-13-18-24(32-23-16-11-10-12-17-23)22(3)33-34(29,30)26(25(27)28)31-19-5-2/h22-24,26H,4-21H2,1-3H3,(H,27,28)(H,29,30). The van der Waals surface area contributed by atoms with E-state index in [1.807, 2.05) is 6.92 Å². The number of carboxylic acid groups (broad SMARTS) is 1. The predicted octanol–water partition coefficient (Wildman–Crippen LogP) is 7.40. The summed E-state index contributed by atoms with van der Waals surface area (Å²) in [6.07, 6.45) is 15.5. The number of ether oxygens (including phenoxy) is 2. The number of hydrogen-bond acceptors (Lipinski definition) is 6. The maximum Gasteiger partial charge on any atom is 0.368 e. The molecule has 208 valence electrons. The average Bonchev–Trinajstić information content (AvgIpc) is 2.82. The van der Waals surface area contributed by atoms with E-state index >= 15 is 0 Å². The van der Waals surface area contributed by atoms with Gasteiger partial charge in [0, 0.05) is 6.61 Å². The molecule has 4 unspecified atom stereocenters. The molecule has 0 amide bonds. The quantitative estimate of drug-likeness (QED) is 0.109. The van der Waals surface area contributed by atoms with Crippen molar-refractivity contribution in [1.29, 1.82) is 0 Å². The highest BCUT2D eigenvalue weighted by molar-refractivity contribution is 7.99. The lowest BCUT2D eigenvalue weighted by Gasteiger charge is -2.32. The van der Waals surface area contributed by atoms with E-state index in [2.05, 4.69) is 18.7 Å². The Kier molecular flexibility index (Phi) is 18.7. The zero-order valence-corrected chi connectivity index (χ0v) is 24.0. The van der Waals surface area contributed by atoms with Gasteiger partial charge in [0.1, 0.15) is 0 Å². The molecule has 1 fully saturated rings. The summed E-state index contributed by atoms with van der Waals surface area (Å²) in [5.74, 6) is -0.851. The highest BCUT2D eigenvalue weighted by atomic mass is 32.2. The van der Waals surface area contributed by atoms with Crippen molar-refractivity contribution >= 4 is 25.3 Å². The molecule has 0 aromatic rings. The largest absolute Gasteiger partial charge is 0.479 e. The van der Waals surface area contributed by atoms with Crippen LogP contribution >= 0.6 is 19.4 Å². The second-order valence-electron chi connectivity index (χ2n) is 9.75. The van der Waals surface area contributed by atoms with Gasteiger partial charge in [-0.2, -0.15) is 11.8 Å². The Morgan fingerprint density at radius 1 is 0.971 bits per heavy atom. The summed E-state index contributed by atoms with van der Waals surface area (Å²) in [6.45, 7) is 5.84. The van der Waals surface area contributed by atoms with Crippen molar-refractivity contribution < 1.29 is 33.4 Å². The number of thioether (sulfide) groups is 1. The molecule has 1 aliphatic rings. The molecule has 1 rings (SSSR count). The normalized spacial score (nSPS) is 19.2. The second kappa shape index (κ2) is 19.9. The molecule has 7 nitrogen and oxygen atoms in total. The molecule has 0 saturated heterocycles. The first-order valence-electron chi connectivity index (χ1n) is 13.9. The van der Waals surface area contributed by atoms with E-state index in [4.69, 9.17) is 14.0 Å². The van der Waals surface area contributed by atoms with E-state index in [9.17, 15) is 19.4 Å². The third kappa shape index (κ3) is 15.0. The molecule has 4 atom stereocenters. The summed E-state index contributed by atoms with van der Waals surface area (Å²) in [6, 6.07) is 0. The summed E-state index contributed by atoms with van der Waals surface area (Å²) >= 11 is 2.06. The highest BCUT2D eigenvalue weighted by Gasteiger charge is 2.42. The van der Waals surface area contributed by atoms with Crippen LogP contribution in [-0.2, 0) is 23.4 Å². The first kappa shape index (κ1) is 32.9. The van der Waals surface area contributed by atoms with Crippen LogP contribution in [-0.4, -0.2) is 58.2 Å². The number of carboxylic acids is 1. The third-order valence-electron chi connectivity index (χ3n) is 6.42. The van der Waals surface area contributed by atoms with Crippen LogP contribution in [0.4, 0.5) is 0 Å². The smallest absolute Gasteiger partial charge is 0.368 e. The fourth-order valence-corrected chi connectivity index (χ4v) is 6.71. The number of carbonyl (C=O) groups is 1. The average molecular weight is 539 g/mol. The summed E-state index contributed by atoms with van der Waals surface area (Å²) < 4.78 is 29.8. The predicted molar refractivity (Wildman–Crippen MR) is 144 cm³/mol. The Labute approximate surface area is 218 Å². The molecule has 35 heavy (non-hydrogen) atoms. The number of aliphatic carboxylic acids is 1. The van der Waals surface area contributed by atoms with Crippen molar-refractivity contribution in [2.24, 2.45) is 0 Å². The molecule has 2 N–H and O–H groups in total. The third-order valence-corrected chi connectivity index (χ3v) is 9.17. The van der Waals surface area contributed by atoms with Crippen LogP contribution < -0.4 is 0 Å². The fraction of sp³-hybridized carbons (Fsp3) is 0.962. The minimum atomic E-state index is -4.52. The van der Waals surface area contributed by atoms with Gasteiger partial charge in [-0.15, -0.1) is 0 Å². The second-order valence-corrected chi connectivity index (χ2v) is 12.8. The molecule has 0 bridgehead atoms. The van der Waals surface area contributed by atoms with E-state index in [0.717, 1.165) is 44.9 Å². The number of unbranched alkanes of at least 4 members (excludes halogenated alkanes) is 6. The summed E-state index contributed by atoms with van der Waals surface area (Å²) in [4.78, 5) is 22.0. The molecule has 9 heteroatoms. The Bertz CT molecular complexity index is 586. The van der Waals surface area contributed by atoms with Crippen molar-refractivity contribution in [2.45, 2.75) is 141 Å². The van der Waals surface area contributed by atoms with Crippen molar-refractivity contribution in [3.63, 3.8) is 0 Å². The van der Waals surface area contributed by atoms with E-state index in [1.54, 1.807) is 6.92 Å². The van der Waals surface area contributed by atoms with Gasteiger partial charge in [-0.05, 0) is 57.0 Å². The van der Waals surface area contributed by atoms with Gasteiger partial charge in [0.15, 0.2) is 0 Å². The molecule has 0 aliphatic heterocycles. The molecule has 0 aromatic carbocycles. The zero-order chi connectivity index (χ0) is 25.9. The van der Waals surface area contributed by atoms with Crippen molar-refractivity contribution in [3.8, 4) is 0 Å². The maximum absolute atomic E-state index is 12.8.